The Morgan fingerprint density at radius 3 is 2.71 bits per heavy atom. The quantitative estimate of drug-likeness (QED) is 0.343. The number of nitriles is 1. The number of thioether (sulfide) groups is 2. The van der Waals surface area contributed by atoms with Crippen LogP contribution in [0.5, 0.6) is 0 Å². The number of esters is 1. The lowest BCUT2D eigenvalue weighted by Crippen LogP contribution is -2.02. The molecular formula is C9H9NO2S5. The number of rotatable bonds is 6. The van der Waals surface area contributed by atoms with Crippen LogP contribution in [0, 0.1) is 14.5 Å². The molecule has 1 rings (SSSR count). The van der Waals surface area contributed by atoms with Gasteiger partial charge in [0.1, 0.15) is 3.14 Å². The monoisotopic (exact) mass is 323 g/mol. The van der Waals surface area contributed by atoms with Gasteiger partial charge in [-0.25, -0.2) is 0 Å². The minimum absolute atomic E-state index is 0.243. The van der Waals surface area contributed by atoms with Crippen molar-refractivity contribution in [2.45, 2.75) is 14.8 Å². The number of hydrogen-bond donors (Lipinski definition) is 0. The van der Waals surface area contributed by atoms with Gasteiger partial charge in [0, 0.05) is 12.2 Å². The Labute approximate surface area is 121 Å². The van der Waals surface area contributed by atoms with Crippen molar-refractivity contribution >= 4 is 64.4 Å². The van der Waals surface area contributed by atoms with E-state index in [2.05, 4.69) is 10.8 Å². The normalized spacial score (nSPS) is 9.88. The Balaban J connectivity index is 2.61. The van der Waals surface area contributed by atoms with Crippen molar-refractivity contribution in [1.29, 1.82) is 5.26 Å². The third-order valence-electron chi connectivity index (χ3n) is 1.51. The summed E-state index contributed by atoms with van der Waals surface area (Å²) < 4.78 is 7.58. The van der Waals surface area contributed by atoms with Crippen molar-refractivity contribution in [3.63, 3.8) is 0 Å². The van der Waals surface area contributed by atoms with E-state index in [9.17, 15) is 4.79 Å². The average Bonchev–Trinajstić information content (AvgIpc) is 2.67. The molecule has 0 spiro atoms. The fraction of sp³-hybridized carbons (Fsp3) is 0.444. The first-order valence-corrected chi connectivity index (χ1v) is 8.52. The van der Waals surface area contributed by atoms with Gasteiger partial charge in [-0.1, -0.05) is 12.2 Å². The lowest BCUT2D eigenvalue weighted by atomic mass is 10.6. The zero-order chi connectivity index (χ0) is 12.7. The largest absolute Gasteiger partial charge is 0.468 e. The molecule has 0 saturated carbocycles. The van der Waals surface area contributed by atoms with E-state index in [0.717, 1.165) is 17.3 Å². The summed E-state index contributed by atoms with van der Waals surface area (Å²) in [7, 11) is 1.38. The molecule has 0 fully saturated rings. The van der Waals surface area contributed by atoms with E-state index < -0.39 is 0 Å². The molecule has 0 amide bonds. The van der Waals surface area contributed by atoms with Gasteiger partial charge in [-0.05, 0) is 0 Å². The van der Waals surface area contributed by atoms with E-state index in [1.54, 1.807) is 11.8 Å². The second-order valence-corrected chi connectivity index (χ2v) is 8.48. The van der Waals surface area contributed by atoms with E-state index in [1.165, 1.54) is 41.5 Å². The minimum Gasteiger partial charge on any atom is -0.468 e. The summed E-state index contributed by atoms with van der Waals surface area (Å²) in [4.78, 5) is 11.1. The molecule has 0 aliphatic carbocycles. The van der Waals surface area contributed by atoms with Crippen LogP contribution in [0.25, 0.3) is 0 Å². The van der Waals surface area contributed by atoms with E-state index in [0.29, 0.717) is 12.2 Å². The van der Waals surface area contributed by atoms with Crippen LogP contribution in [0.3, 0.4) is 0 Å². The van der Waals surface area contributed by atoms with Gasteiger partial charge < -0.3 is 4.74 Å². The number of carbonyl (C=O) groups excluding carboxylic acids is 1. The Bertz CT molecular complexity index is 472. The van der Waals surface area contributed by atoms with Crippen LogP contribution in [0.2, 0.25) is 0 Å². The average molecular weight is 324 g/mol. The van der Waals surface area contributed by atoms with Crippen molar-refractivity contribution in [1.82, 2.24) is 0 Å². The predicted octanol–water partition coefficient (Wildman–Crippen LogP) is 3.81. The molecule has 1 aromatic rings. The molecular weight excluding hydrogens is 314 g/mol. The fourth-order valence-electron chi connectivity index (χ4n) is 0.805. The lowest BCUT2D eigenvalue weighted by Gasteiger charge is -2.00. The Morgan fingerprint density at radius 2 is 2.12 bits per heavy atom. The maximum atomic E-state index is 11.1. The van der Waals surface area contributed by atoms with Crippen LogP contribution in [0.4, 0.5) is 0 Å². The summed E-state index contributed by atoms with van der Waals surface area (Å²) in [6, 6.07) is 2.10. The number of carbonyl (C=O) groups is 1. The third kappa shape index (κ3) is 5.40. The van der Waals surface area contributed by atoms with Gasteiger partial charge in [-0.3, -0.25) is 4.79 Å². The van der Waals surface area contributed by atoms with Crippen molar-refractivity contribution in [3.05, 3.63) is 3.14 Å². The first kappa shape index (κ1) is 15.0. The maximum Gasteiger partial charge on any atom is 0.316 e. The van der Waals surface area contributed by atoms with Crippen LogP contribution < -0.4 is 0 Å². The van der Waals surface area contributed by atoms with Crippen LogP contribution in [0.1, 0.15) is 6.42 Å². The van der Waals surface area contributed by atoms with Gasteiger partial charge in [0.05, 0.1) is 27.4 Å². The lowest BCUT2D eigenvalue weighted by molar-refractivity contribution is -0.137. The molecule has 92 valence electrons. The van der Waals surface area contributed by atoms with Crippen LogP contribution in [-0.4, -0.2) is 24.6 Å². The van der Waals surface area contributed by atoms with Gasteiger partial charge in [0.2, 0.25) is 0 Å². The molecule has 0 unspecified atom stereocenters. The summed E-state index contributed by atoms with van der Waals surface area (Å²) in [5.41, 5.74) is 0. The van der Waals surface area contributed by atoms with Gasteiger partial charge in [0.25, 0.3) is 0 Å². The highest BCUT2D eigenvalue weighted by Gasteiger charge is 2.11. The molecule has 1 aromatic heterocycles. The standard InChI is InChI=1S/C9H9NO2S5/c1-12-6(11)5-15-8-7(14-4-2-3-10)16-9(13)17-8/h2,4-5H2,1H3. The summed E-state index contributed by atoms with van der Waals surface area (Å²) in [6.45, 7) is 0. The molecule has 8 heteroatoms. The highest BCUT2D eigenvalue weighted by Crippen LogP contribution is 2.40. The van der Waals surface area contributed by atoms with Gasteiger partial charge in [-0.15, -0.1) is 46.2 Å². The molecule has 1 heterocycles. The first-order valence-electron chi connectivity index (χ1n) is 4.50. The molecule has 17 heavy (non-hydrogen) atoms. The molecule has 0 atom stereocenters. The number of methoxy groups -OCH3 is 1. The van der Waals surface area contributed by atoms with Gasteiger partial charge >= 0.3 is 5.97 Å². The smallest absolute Gasteiger partial charge is 0.316 e. The zero-order valence-electron chi connectivity index (χ0n) is 8.93. The minimum atomic E-state index is -0.243. The highest BCUT2D eigenvalue weighted by atomic mass is 32.2. The van der Waals surface area contributed by atoms with Gasteiger partial charge in [-0.2, -0.15) is 5.26 Å². The van der Waals surface area contributed by atoms with Gasteiger partial charge in [0.15, 0.2) is 0 Å². The Kier molecular flexibility index (Phi) is 7.15. The maximum absolute atomic E-state index is 11.1. The van der Waals surface area contributed by atoms with Crippen LogP contribution >= 0.6 is 58.4 Å². The first-order chi connectivity index (χ1) is 8.17. The molecule has 0 aromatic carbocycles. The molecule has 0 aliphatic heterocycles. The summed E-state index contributed by atoms with van der Waals surface area (Å²) >= 11 is 11.2. The fourth-order valence-corrected chi connectivity index (χ4v) is 6.66. The molecule has 0 bridgehead atoms. The summed E-state index contributed by atoms with van der Waals surface area (Å²) in [5, 5.41) is 8.48. The molecule has 0 saturated heterocycles. The molecule has 0 N–H and O–H groups in total. The van der Waals surface area contributed by atoms with Crippen molar-refractivity contribution in [2.75, 3.05) is 18.6 Å². The van der Waals surface area contributed by atoms with Crippen molar-refractivity contribution in [2.24, 2.45) is 0 Å². The van der Waals surface area contributed by atoms with E-state index >= 15 is 0 Å². The second-order valence-electron chi connectivity index (χ2n) is 2.65. The van der Waals surface area contributed by atoms with Crippen LogP contribution in [0.15, 0.2) is 8.42 Å². The Morgan fingerprint density at radius 1 is 1.47 bits per heavy atom. The van der Waals surface area contributed by atoms with Crippen molar-refractivity contribution in [3.8, 4) is 6.07 Å². The highest BCUT2D eigenvalue weighted by molar-refractivity contribution is 8.05. The van der Waals surface area contributed by atoms with E-state index in [4.69, 9.17) is 17.5 Å². The number of nitrogens with zero attached hydrogens (tertiary/aromatic N) is 1. The summed E-state index contributed by atoms with van der Waals surface area (Å²) in [6.07, 6.45) is 0.515. The molecule has 3 nitrogen and oxygen atoms in total. The van der Waals surface area contributed by atoms with Crippen LogP contribution in [-0.2, 0) is 9.53 Å². The number of hydrogen-bond acceptors (Lipinski definition) is 8. The molecule has 0 aliphatic rings. The zero-order valence-corrected chi connectivity index (χ0v) is 13.0. The van der Waals surface area contributed by atoms with E-state index in [1.807, 2.05) is 0 Å². The molecule has 0 radical (unpaired) electrons. The Hall–Kier alpha value is -0.0700. The topological polar surface area (TPSA) is 50.1 Å². The number of ether oxygens (including phenoxy) is 1. The SMILES string of the molecule is COC(=O)CSc1sc(=S)sc1SCCC#N. The van der Waals surface area contributed by atoms with E-state index in [-0.39, 0.29) is 5.97 Å². The third-order valence-corrected chi connectivity index (χ3v) is 7.07. The second kappa shape index (κ2) is 8.11. The van der Waals surface area contributed by atoms with Crippen molar-refractivity contribution < 1.29 is 9.53 Å². The predicted molar refractivity (Wildman–Crippen MR) is 76.7 cm³/mol. The summed E-state index contributed by atoms with van der Waals surface area (Å²) in [5.74, 6) is 0.807.